The number of aliphatic hydroxyl groups is 1. The van der Waals surface area contributed by atoms with E-state index in [0.717, 1.165) is 21.9 Å². The maximum Gasteiger partial charge on any atom is 0.177 e. The van der Waals surface area contributed by atoms with Gasteiger partial charge in [0.1, 0.15) is 11.9 Å². The summed E-state index contributed by atoms with van der Waals surface area (Å²) in [5, 5.41) is 24.0. The molecule has 0 radical (unpaired) electrons. The van der Waals surface area contributed by atoms with Crippen LogP contribution in [-0.4, -0.2) is 40.3 Å². The molecule has 3 N–H and O–H groups in total. The van der Waals surface area contributed by atoms with Gasteiger partial charge in [-0.2, -0.15) is 5.48 Å². The highest BCUT2D eigenvalue weighted by atomic mass is 35.5. The number of hydroxylamine groups is 1. The lowest BCUT2D eigenvalue weighted by atomic mass is 10.0. The molecule has 0 saturated carbocycles. The van der Waals surface area contributed by atoms with E-state index in [1.54, 1.807) is 19.1 Å². The second kappa shape index (κ2) is 9.51. The molecule has 4 unspecified atom stereocenters. The fourth-order valence-electron chi connectivity index (χ4n) is 3.34. The molecule has 0 aromatic heterocycles. The maximum atomic E-state index is 11.4. The predicted octanol–water partition coefficient (Wildman–Crippen LogP) is 3.40. The van der Waals surface area contributed by atoms with Crippen molar-refractivity contribution in [2.45, 2.75) is 44.9 Å². The molecule has 1 saturated heterocycles. The van der Waals surface area contributed by atoms with Crippen LogP contribution in [0.25, 0.3) is 0 Å². The summed E-state index contributed by atoms with van der Waals surface area (Å²) in [6.07, 6.45) is -3.17. The van der Waals surface area contributed by atoms with Gasteiger partial charge in [-0.05, 0) is 55.7 Å². The number of hydrogen-bond acceptors (Lipinski definition) is 7. The zero-order valence-electron chi connectivity index (χ0n) is 16.2. The van der Waals surface area contributed by atoms with E-state index >= 15 is 0 Å². The van der Waals surface area contributed by atoms with Crippen LogP contribution in [0.4, 0.5) is 0 Å². The lowest BCUT2D eigenvalue weighted by Crippen LogP contribution is -2.59. The van der Waals surface area contributed by atoms with Gasteiger partial charge in [-0.3, -0.25) is 0 Å². The van der Waals surface area contributed by atoms with Crippen molar-refractivity contribution in [3.05, 3.63) is 69.1 Å². The first-order valence-corrected chi connectivity index (χ1v) is 9.71. The van der Waals surface area contributed by atoms with Crippen LogP contribution in [0, 0.1) is 4.91 Å². The molecule has 29 heavy (non-hydrogen) atoms. The number of nitroso groups, excluding NO2 is 1. The summed E-state index contributed by atoms with van der Waals surface area (Å²) in [6, 6.07) is 13.0. The number of nitrogens with one attached hydrogen (secondary N) is 1. The number of halogens is 1. The molecule has 8 nitrogen and oxygen atoms in total. The Morgan fingerprint density at radius 1 is 1.28 bits per heavy atom. The third-order valence-electron chi connectivity index (χ3n) is 4.88. The van der Waals surface area contributed by atoms with Gasteiger partial charge in [0.2, 0.25) is 0 Å². The molecule has 0 spiro atoms. The molecule has 2 aromatic rings. The molecule has 3 rings (SSSR count). The number of aliphatic hydroxyl groups excluding tert-OH is 1. The Morgan fingerprint density at radius 3 is 2.62 bits per heavy atom. The van der Waals surface area contributed by atoms with Crippen LogP contribution in [0.5, 0.6) is 5.75 Å². The molecule has 0 amide bonds. The molecule has 1 aliphatic heterocycles. The van der Waals surface area contributed by atoms with Crippen molar-refractivity contribution in [1.82, 2.24) is 10.5 Å². The summed E-state index contributed by atoms with van der Waals surface area (Å²) >= 11 is 6.39. The highest BCUT2D eigenvalue weighted by Gasteiger charge is 2.42. The quantitative estimate of drug-likeness (QED) is 0.465. The van der Waals surface area contributed by atoms with Crippen LogP contribution in [0.3, 0.4) is 0 Å². The smallest absolute Gasteiger partial charge is 0.177 e. The van der Waals surface area contributed by atoms with E-state index in [1.807, 2.05) is 42.7 Å². The highest BCUT2D eigenvalue weighted by molar-refractivity contribution is 6.31. The van der Waals surface area contributed by atoms with Gasteiger partial charge in [-0.1, -0.05) is 29.8 Å². The number of ether oxygens (including phenoxy) is 2. The Kier molecular flexibility index (Phi) is 7.05. The largest absolute Gasteiger partial charge is 0.494 e. The van der Waals surface area contributed by atoms with Crippen molar-refractivity contribution in [3.63, 3.8) is 0 Å². The molecule has 0 bridgehead atoms. The predicted molar refractivity (Wildman–Crippen MR) is 108 cm³/mol. The molecule has 1 fully saturated rings. The summed E-state index contributed by atoms with van der Waals surface area (Å²) in [6.45, 7) is 4.19. The molecular weight excluding hydrogens is 398 g/mol. The minimum Gasteiger partial charge on any atom is -0.494 e. The van der Waals surface area contributed by atoms with Crippen LogP contribution in [0.15, 0.2) is 47.8 Å². The van der Waals surface area contributed by atoms with Crippen LogP contribution < -0.4 is 10.2 Å². The van der Waals surface area contributed by atoms with E-state index in [1.165, 1.54) is 0 Å². The molecule has 9 heteroatoms. The Labute approximate surface area is 173 Å². The van der Waals surface area contributed by atoms with E-state index in [-0.39, 0.29) is 0 Å². The first-order chi connectivity index (χ1) is 14.0. The van der Waals surface area contributed by atoms with Crippen molar-refractivity contribution in [2.75, 3.05) is 6.61 Å². The second-order valence-electron chi connectivity index (χ2n) is 6.82. The number of nitrogens with zero attached hydrogens (tertiary/aromatic N) is 2. The van der Waals surface area contributed by atoms with Crippen molar-refractivity contribution in [2.24, 2.45) is 5.29 Å². The zero-order valence-corrected chi connectivity index (χ0v) is 16.9. The Morgan fingerprint density at radius 2 is 2.00 bits per heavy atom. The van der Waals surface area contributed by atoms with Crippen LogP contribution in [0.1, 0.15) is 36.8 Å². The van der Waals surface area contributed by atoms with Crippen molar-refractivity contribution in [3.8, 4) is 5.75 Å². The minimum absolute atomic E-state index is 0.570. The van der Waals surface area contributed by atoms with Crippen molar-refractivity contribution in [1.29, 1.82) is 0 Å². The van der Waals surface area contributed by atoms with Gasteiger partial charge in [-0.15, -0.1) is 4.91 Å². The average Bonchev–Trinajstić information content (AvgIpc) is 2.72. The second-order valence-corrected chi connectivity index (χ2v) is 7.23. The van der Waals surface area contributed by atoms with E-state index in [0.29, 0.717) is 23.6 Å². The van der Waals surface area contributed by atoms with Crippen LogP contribution >= 0.6 is 11.6 Å². The first kappa shape index (κ1) is 21.5. The van der Waals surface area contributed by atoms with E-state index < -0.39 is 24.6 Å². The Hall–Kier alpha value is -2.23. The summed E-state index contributed by atoms with van der Waals surface area (Å²) in [7, 11) is 0. The molecular formula is C20H24ClN3O5. The van der Waals surface area contributed by atoms with Gasteiger partial charge >= 0.3 is 0 Å². The number of rotatable bonds is 7. The molecule has 156 valence electrons. The Bertz CT molecular complexity index is 835. The monoisotopic (exact) mass is 421 g/mol. The van der Waals surface area contributed by atoms with E-state index in [2.05, 4.69) is 5.29 Å². The standard InChI is InChI=1S/C20H24ClN3O5/c1-3-28-16-7-4-13(5-8-16)10-15-11-14(6-9-17(15)21)20-24(23-27)19(22-26)18(25)12(2)29-20/h4-9,11-12,18-20,22,25-26H,3,10H2,1-2H3. The lowest BCUT2D eigenvalue weighted by molar-refractivity contribution is -0.236. The lowest BCUT2D eigenvalue weighted by Gasteiger charge is -2.43. The van der Waals surface area contributed by atoms with Crippen LogP contribution in [0.2, 0.25) is 5.02 Å². The van der Waals surface area contributed by atoms with Gasteiger partial charge in [0.05, 0.1) is 18.0 Å². The average molecular weight is 422 g/mol. The molecule has 1 aliphatic rings. The van der Waals surface area contributed by atoms with Gasteiger partial charge in [0.15, 0.2) is 12.4 Å². The minimum atomic E-state index is -1.13. The molecule has 0 aliphatic carbocycles. The third-order valence-corrected chi connectivity index (χ3v) is 5.25. The van der Waals surface area contributed by atoms with E-state index in [9.17, 15) is 15.2 Å². The van der Waals surface area contributed by atoms with Crippen molar-refractivity contribution < 1.29 is 19.8 Å². The maximum absolute atomic E-state index is 11.4. The summed E-state index contributed by atoms with van der Waals surface area (Å²) in [4.78, 5) is 11.4. The molecule has 4 atom stereocenters. The SMILES string of the molecule is CCOc1ccc(Cc2cc(C3OC(C)C(O)C(NO)N3N=O)ccc2Cl)cc1. The number of benzene rings is 2. The summed E-state index contributed by atoms with van der Waals surface area (Å²) < 4.78 is 11.2. The summed E-state index contributed by atoms with van der Waals surface area (Å²) in [5.41, 5.74) is 4.45. The molecule has 1 heterocycles. The van der Waals surface area contributed by atoms with Gasteiger partial charge in [0, 0.05) is 10.6 Å². The van der Waals surface area contributed by atoms with Crippen molar-refractivity contribution >= 4 is 11.6 Å². The fraction of sp³-hybridized carbons (Fsp3) is 0.400. The normalized spacial score (nSPS) is 24.4. The van der Waals surface area contributed by atoms with Crippen LogP contribution in [-0.2, 0) is 11.2 Å². The van der Waals surface area contributed by atoms with E-state index in [4.69, 9.17) is 21.1 Å². The number of hydrogen-bond donors (Lipinski definition) is 3. The first-order valence-electron chi connectivity index (χ1n) is 9.33. The Balaban J connectivity index is 1.86. The molecule has 2 aromatic carbocycles. The van der Waals surface area contributed by atoms with Gasteiger partial charge < -0.3 is 19.8 Å². The topological polar surface area (TPSA) is 104 Å². The van der Waals surface area contributed by atoms with Gasteiger partial charge in [-0.25, -0.2) is 5.01 Å². The highest BCUT2D eigenvalue weighted by Crippen LogP contribution is 2.34. The zero-order chi connectivity index (χ0) is 21.0. The fourth-order valence-corrected chi connectivity index (χ4v) is 3.52. The third kappa shape index (κ3) is 4.68. The summed E-state index contributed by atoms with van der Waals surface area (Å²) in [5.74, 6) is 0.800. The van der Waals surface area contributed by atoms with Gasteiger partial charge in [0.25, 0.3) is 0 Å².